The molecule has 0 aliphatic carbocycles. The minimum Gasteiger partial charge on any atom is -0.462 e. The number of alkyl carbamates (subject to hydrolysis) is 1. The lowest BCUT2D eigenvalue weighted by molar-refractivity contribution is -0.110. The van der Waals surface area contributed by atoms with Gasteiger partial charge in [0.15, 0.2) is 0 Å². The Kier molecular flexibility index (Phi) is 9.82. The zero-order chi connectivity index (χ0) is 27.0. The van der Waals surface area contributed by atoms with Gasteiger partial charge >= 0.3 is 12.1 Å². The molecule has 2 aromatic rings. The highest BCUT2D eigenvalue weighted by Gasteiger charge is 2.26. The minimum atomic E-state index is -0.522. The summed E-state index contributed by atoms with van der Waals surface area (Å²) in [6.07, 6.45) is 2.08. The van der Waals surface area contributed by atoms with Gasteiger partial charge < -0.3 is 29.8 Å². The van der Waals surface area contributed by atoms with Crippen LogP contribution in [0.5, 0.6) is 0 Å². The summed E-state index contributed by atoms with van der Waals surface area (Å²) in [6, 6.07) is 7.57. The molecule has 0 bridgehead atoms. The number of rotatable bonds is 11. The first-order chi connectivity index (χ1) is 17.6. The van der Waals surface area contributed by atoms with E-state index in [1.165, 1.54) is 0 Å². The average molecular weight is 530 g/mol. The molecular weight excluding hydrogens is 494 g/mol. The van der Waals surface area contributed by atoms with Crippen LogP contribution in [0.25, 0.3) is 11.6 Å². The second-order valence-corrected chi connectivity index (χ2v) is 10.6. The highest BCUT2D eigenvalue weighted by atomic mass is 32.2. The van der Waals surface area contributed by atoms with E-state index in [0.717, 1.165) is 34.0 Å². The summed E-state index contributed by atoms with van der Waals surface area (Å²) in [4.78, 5) is 40.8. The van der Waals surface area contributed by atoms with Gasteiger partial charge in [-0.25, -0.2) is 9.59 Å². The summed E-state index contributed by atoms with van der Waals surface area (Å²) in [6.45, 7) is 10.7. The maximum absolute atomic E-state index is 12.7. The average Bonchev–Trinajstić information content (AvgIpc) is 3.33. The topological polar surface area (TPSA) is 119 Å². The monoisotopic (exact) mass is 529 g/mol. The molecule has 9 nitrogen and oxygen atoms in total. The normalized spacial score (nSPS) is 13.9. The molecular formula is C27H35N3O6S. The molecule has 2 heterocycles. The van der Waals surface area contributed by atoms with E-state index >= 15 is 0 Å². The number of ether oxygens (including phenoxy) is 3. The van der Waals surface area contributed by atoms with Crippen LogP contribution in [0.1, 0.15) is 61.4 Å². The van der Waals surface area contributed by atoms with Gasteiger partial charge in [0.25, 0.3) is 5.91 Å². The number of benzene rings is 1. The van der Waals surface area contributed by atoms with Crippen LogP contribution < -0.4 is 10.6 Å². The number of esters is 1. The summed E-state index contributed by atoms with van der Waals surface area (Å²) in [5, 5.41) is 5.55. The molecule has 3 N–H and O–H groups in total. The van der Waals surface area contributed by atoms with Crippen LogP contribution in [0.3, 0.4) is 0 Å². The van der Waals surface area contributed by atoms with E-state index in [9.17, 15) is 14.4 Å². The van der Waals surface area contributed by atoms with Crippen LogP contribution in [0.2, 0.25) is 0 Å². The maximum Gasteiger partial charge on any atom is 0.407 e. The van der Waals surface area contributed by atoms with Crippen molar-refractivity contribution in [3.63, 3.8) is 0 Å². The molecule has 0 spiro atoms. The highest BCUT2D eigenvalue weighted by Crippen LogP contribution is 2.36. The minimum absolute atomic E-state index is 0.215. The summed E-state index contributed by atoms with van der Waals surface area (Å²) >= 11 is 1.67. The lowest BCUT2D eigenvalue weighted by Gasteiger charge is -2.19. The summed E-state index contributed by atoms with van der Waals surface area (Å²) < 4.78 is 15.9. The molecule has 1 aromatic heterocycles. The predicted molar refractivity (Wildman–Crippen MR) is 145 cm³/mol. The number of aromatic nitrogens is 1. The Morgan fingerprint density at radius 1 is 1.16 bits per heavy atom. The van der Waals surface area contributed by atoms with Crippen molar-refractivity contribution in [2.75, 3.05) is 37.4 Å². The fourth-order valence-electron chi connectivity index (χ4n) is 3.64. The second-order valence-electron chi connectivity index (χ2n) is 9.46. The molecule has 1 aliphatic heterocycles. The molecule has 1 aromatic carbocycles. The van der Waals surface area contributed by atoms with Gasteiger partial charge in [0.05, 0.1) is 30.0 Å². The van der Waals surface area contributed by atoms with Crippen LogP contribution >= 0.6 is 11.8 Å². The van der Waals surface area contributed by atoms with Crippen molar-refractivity contribution < 1.29 is 28.6 Å². The molecule has 0 unspecified atom stereocenters. The molecule has 200 valence electrons. The number of carbonyl (C=O) groups is 3. The number of hydrogen-bond acceptors (Lipinski definition) is 7. The summed E-state index contributed by atoms with van der Waals surface area (Å²) in [5.74, 6) is 0.193. The van der Waals surface area contributed by atoms with Crippen LogP contribution in [0.15, 0.2) is 29.2 Å². The van der Waals surface area contributed by atoms with E-state index in [1.807, 2.05) is 45.9 Å². The Morgan fingerprint density at radius 2 is 1.95 bits per heavy atom. The number of fused-ring (bicyclic) bond motifs is 1. The Bertz CT molecular complexity index is 1170. The van der Waals surface area contributed by atoms with Gasteiger partial charge in [0.2, 0.25) is 0 Å². The summed E-state index contributed by atoms with van der Waals surface area (Å²) in [5.41, 5.74) is 3.26. The molecule has 1 aliphatic rings. The number of H-pyrrole nitrogens is 1. The standard InChI is InChI=1S/C27H35N3O6S/c1-6-35-25(32)21-14-17(2)29-23(21)16-20-19-15-18(8-9-22(19)30-24(20)31)37-13-7-11-34-12-10-28-26(33)36-27(3,4)5/h8-9,14-16,29H,6-7,10-13H2,1-5H3,(H,28,33)(H,30,31)/b20-16-. The van der Waals surface area contributed by atoms with Crippen LogP contribution in [0, 0.1) is 6.92 Å². The first-order valence-corrected chi connectivity index (χ1v) is 13.3. The summed E-state index contributed by atoms with van der Waals surface area (Å²) in [7, 11) is 0. The third-order valence-corrected chi connectivity index (χ3v) is 6.24. The van der Waals surface area contributed by atoms with Crippen molar-refractivity contribution in [1.29, 1.82) is 0 Å². The molecule has 0 saturated heterocycles. The molecule has 2 amide bonds. The van der Waals surface area contributed by atoms with Gasteiger partial charge in [-0.1, -0.05) is 0 Å². The fourth-order valence-corrected chi connectivity index (χ4v) is 4.50. The van der Waals surface area contributed by atoms with Crippen LogP contribution in [-0.4, -0.2) is 60.7 Å². The van der Waals surface area contributed by atoms with Gasteiger partial charge in [-0.3, -0.25) is 4.79 Å². The number of nitrogens with one attached hydrogen (secondary N) is 3. The number of amides is 2. The van der Waals surface area contributed by atoms with Crippen molar-refractivity contribution >= 4 is 47.1 Å². The third-order valence-electron chi connectivity index (χ3n) is 5.16. The number of anilines is 1. The number of aryl methyl sites for hydroxylation is 1. The Morgan fingerprint density at radius 3 is 2.68 bits per heavy atom. The Labute approximate surface area is 221 Å². The van der Waals surface area contributed by atoms with Gasteiger partial charge in [-0.15, -0.1) is 11.8 Å². The van der Waals surface area contributed by atoms with E-state index in [0.29, 0.717) is 36.6 Å². The Balaban J connectivity index is 1.52. The van der Waals surface area contributed by atoms with Gasteiger partial charge in [-0.05, 0) is 71.4 Å². The largest absolute Gasteiger partial charge is 0.462 e. The molecule has 0 fully saturated rings. The van der Waals surface area contributed by atoms with Crippen molar-refractivity contribution in [1.82, 2.24) is 10.3 Å². The van der Waals surface area contributed by atoms with E-state index in [4.69, 9.17) is 14.2 Å². The maximum atomic E-state index is 12.7. The third kappa shape index (κ3) is 8.40. The molecule has 0 saturated carbocycles. The smallest absolute Gasteiger partial charge is 0.407 e. The predicted octanol–water partition coefficient (Wildman–Crippen LogP) is 5.02. The van der Waals surface area contributed by atoms with Crippen molar-refractivity contribution in [3.8, 4) is 0 Å². The lowest BCUT2D eigenvalue weighted by atomic mass is 10.0. The van der Waals surface area contributed by atoms with Crippen molar-refractivity contribution in [3.05, 3.63) is 46.8 Å². The molecule has 10 heteroatoms. The zero-order valence-corrected chi connectivity index (χ0v) is 22.8. The zero-order valence-electron chi connectivity index (χ0n) is 22.0. The molecule has 0 radical (unpaired) electrons. The number of thioether (sulfide) groups is 1. The van der Waals surface area contributed by atoms with E-state index in [1.54, 1.807) is 30.8 Å². The van der Waals surface area contributed by atoms with E-state index in [-0.39, 0.29) is 12.5 Å². The number of aromatic amines is 1. The van der Waals surface area contributed by atoms with E-state index in [2.05, 4.69) is 15.6 Å². The quantitative estimate of drug-likeness (QED) is 0.162. The van der Waals surface area contributed by atoms with Gasteiger partial charge in [0, 0.05) is 40.7 Å². The van der Waals surface area contributed by atoms with Crippen molar-refractivity contribution in [2.24, 2.45) is 0 Å². The lowest BCUT2D eigenvalue weighted by Crippen LogP contribution is -2.34. The Hall–Kier alpha value is -3.24. The van der Waals surface area contributed by atoms with Crippen LogP contribution in [0.4, 0.5) is 10.5 Å². The molecule has 0 atom stereocenters. The first-order valence-electron chi connectivity index (χ1n) is 12.3. The fraction of sp³-hybridized carbons (Fsp3) is 0.444. The molecule has 3 rings (SSSR count). The van der Waals surface area contributed by atoms with E-state index < -0.39 is 17.7 Å². The SMILES string of the molecule is CCOC(=O)c1cc(C)[nH]c1/C=C1\C(=O)Nc2ccc(SCCCOCCNC(=O)OC(C)(C)C)cc21. The van der Waals surface area contributed by atoms with Gasteiger partial charge in [-0.2, -0.15) is 0 Å². The first kappa shape index (κ1) is 28.3. The highest BCUT2D eigenvalue weighted by molar-refractivity contribution is 7.99. The van der Waals surface area contributed by atoms with Crippen LogP contribution in [-0.2, 0) is 19.0 Å². The van der Waals surface area contributed by atoms with Crippen molar-refractivity contribution in [2.45, 2.75) is 51.5 Å². The molecule has 37 heavy (non-hydrogen) atoms. The second kappa shape index (κ2) is 12.8. The van der Waals surface area contributed by atoms with Gasteiger partial charge in [0.1, 0.15) is 5.60 Å². The number of carbonyl (C=O) groups excluding carboxylic acids is 3. The number of hydrogen-bond donors (Lipinski definition) is 3.